The van der Waals surface area contributed by atoms with E-state index < -0.39 is 0 Å². The molecule has 3 aromatic rings. The fourth-order valence-electron chi connectivity index (χ4n) is 2.55. The number of carbonyl (C=O) groups excluding carboxylic acids is 1. The highest BCUT2D eigenvalue weighted by atomic mass is 79.9. The normalized spacial score (nSPS) is 10.6. The number of benzene rings is 2. The lowest BCUT2D eigenvalue weighted by molar-refractivity contribution is 0.102. The lowest BCUT2D eigenvalue weighted by Crippen LogP contribution is -2.11. The number of halogens is 1. The van der Waals surface area contributed by atoms with E-state index in [2.05, 4.69) is 33.2 Å². The molecule has 0 aliphatic heterocycles. The van der Waals surface area contributed by atoms with Crippen LogP contribution in [0.1, 0.15) is 28.6 Å². The van der Waals surface area contributed by atoms with Gasteiger partial charge in [0.2, 0.25) is 0 Å². The highest BCUT2D eigenvalue weighted by molar-refractivity contribution is 9.10. The van der Waals surface area contributed by atoms with Crippen molar-refractivity contribution < 1.29 is 9.53 Å². The lowest BCUT2D eigenvalue weighted by atomic mass is 10.1. The van der Waals surface area contributed by atoms with Crippen molar-refractivity contribution in [2.24, 2.45) is 0 Å². The van der Waals surface area contributed by atoms with E-state index >= 15 is 0 Å². The summed E-state index contributed by atoms with van der Waals surface area (Å²) in [6.07, 6.45) is 1.94. The Morgan fingerprint density at radius 1 is 1.15 bits per heavy atom. The number of nitrogens with one attached hydrogen (secondary N) is 1. The Morgan fingerprint density at radius 3 is 2.46 bits per heavy atom. The highest BCUT2D eigenvalue weighted by Gasteiger charge is 2.15. The molecule has 1 N–H and O–H groups in total. The Kier molecular flexibility index (Phi) is 6.06. The van der Waals surface area contributed by atoms with E-state index in [1.165, 1.54) is 16.2 Å². The van der Waals surface area contributed by atoms with E-state index in [0.717, 1.165) is 34.3 Å². The average molecular weight is 431 g/mol. The van der Waals surface area contributed by atoms with Crippen LogP contribution in [0.5, 0.6) is 5.75 Å². The third-order valence-electron chi connectivity index (χ3n) is 3.86. The Balaban J connectivity index is 1.86. The van der Waals surface area contributed by atoms with Gasteiger partial charge in [0.25, 0.3) is 5.91 Å². The molecule has 4 nitrogen and oxygen atoms in total. The minimum absolute atomic E-state index is 0.157. The quantitative estimate of drug-likeness (QED) is 0.538. The van der Waals surface area contributed by atoms with Gasteiger partial charge < -0.3 is 4.74 Å². The Bertz CT molecular complexity index is 889. The van der Waals surface area contributed by atoms with Crippen LogP contribution in [0, 0.1) is 0 Å². The topological polar surface area (TPSA) is 51.2 Å². The largest absolute Gasteiger partial charge is 0.497 e. The van der Waals surface area contributed by atoms with E-state index in [1.807, 2.05) is 36.4 Å². The number of aromatic nitrogens is 1. The van der Waals surface area contributed by atoms with E-state index in [0.29, 0.717) is 10.7 Å². The number of aryl methyl sites for hydroxylation is 1. The van der Waals surface area contributed by atoms with Crippen LogP contribution >= 0.6 is 27.3 Å². The van der Waals surface area contributed by atoms with Crippen molar-refractivity contribution in [3.8, 4) is 17.0 Å². The smallest absolute Gasteiger partial charge is 0.257 e. The number of ether oxygens (including phenoxy) is 1. The van der Waals surface area contributed by atoms with Crippen LogP contribution in [0.4, 0.5) is 5.13 Å². The molecule has 0 spiro atoms. The van der Waals surface area contributed by atoms with Crippen molar-refractivity contribution in [3.05, 3.63) is 63.4 Å². The van der Waals surface area contributed by atoms with Crippen molar-refractivity contribution in [2.45, 2.75) is 19.8 Å². The molecule has 134 valence electrons. The van der Waals surface area contributed by atoms with Crippen LogP contribution in [0.3, 0.4) is 0 Å². The summed E-state index contributed by atoms with van der Waals surface area (Å²) in [5, 5.41) is 3.54. The molecule has 1 aromatic heterocycles. The average Bonchev–Trinajstić information content (AvgIpc) is 3.05. The zero-order valence-electron chi connectivity index (χ0n) is 14.6. The molecule has 0 bridgehead atoms. The van der Waals surface area contributed by atoms with Crippen LogP contribution in [-0.2, 0) is 6.42 Å². The first-order valence-corrected chi connectivity index (χ1v) is 9.92. The number of thiazole rings is 1. The fourth-order valence-corrected chi connectivity index (χ4v) is 3.89. The van der Waals surface area contributed by atoms with Crippen LogP contribution in [0.2, 0.25) is 0 Å². The van der Waals surface area contributed by atoms with Crippen molar-refractivity contribution in [2.75, 3.05) is 12.4 Å². The zero-order chi connectivity index (χ0) is 18.5. The predicted octanol–water partition coefficient (Wildman–Crippen LogP) is 5.79. The number of carbonyl (C=O) groups is 1. The van der Waals surface area contributed by atoms with Crippen LogP contribution in [0.25, 0.3) is 11.3 Å². The molecule has 0 atom stereocenters. The summed E-state index contributed by atoms with van der Waals surface area (Å²) in [7, 11) is 1.65. The number of anilines is 1. The maximum atomic E-state index is 12.4. The molecule has 0 saturated carbocycles. The second kappa shape index (κ2) is 8.47. The molecule has 3 rings (SSSR count). The van der Waals surface area contributed by atoms with Gasteiger partial charge in [0.15, 0.2) is 5.13 Å². The molecule has 0 aliphatic carbocycles. The summed E-state index contributed by atoms with van der Waals surface area (Å²) in [4.78, 5) is 18.3. The van der Waals surface area contributed by atoms with Gasteiger partial charge >= 0.3 is 0 Å². The van der Waals surface area contributed by atoms with Crippen molar-refractivity contribution in [1.82, 2.24) is 4.98 Å². The summed E-state index contributed by atoms with van der Waals surface area (Å²) in [6.45, 7) is 2.14. The minimum atomic E-state index is -0.157. The number of hydrogen-bond donors (Lipinski definition) is 1. The van der Waals surface area contributed by atoms with E-state index in [-0.39, 0.29) is 5.91 Å². The van der Waals surface area contributed by atoms with Gasteiger partial charge in [-0.05, 0) is 55.0 Å². The van der Waals surface area contributed by atoms with E-state index in [4.69, 9.17) is 4.74 Å². The van der Waals surface area contributed by atoms with Crippen LogP contribution < -0.4 is 10.1 Å². The zero-order valence-corrected chi connectivity index (χ0v) is 17.0. The first-order chi connectivity index (χ1) is 12.6. The first-order valence-electron chi connectivity index (χ1n) is 8.31. The van der Waals surface area contributed by atoms with Crippen LogP contribution in [-0.4, -0.2) is 18.0 Å². The van der Waals surface area contributed by atoms with E-state index in [9.17, 15) is 4.79 Å². The molecule has 0 radical (unpaired) electrons. The molecular formula is C20H19BrN2O2S. The van der Waals surface area contributed by atoms with Crippen molar-refractivity contribution in [1.29, 1.82) is 0 Å². The van der Waals surface area contributed by atoms with Gasteiger partial charge in [-0.15, -0.1) is 11.3 Å². The molecular weight excluding hydrogens is 412 g/mol. The second-order valence-corrected chi connectivity index (χ2v) is 7.73. The molecule has 1 heterocycles. The van der Waals surface area contributed by atoms with Gasteiger partial charge in [-0.1, -0.05) is 29.3 Å². The van der Waals surface area contributed by atoms with Gasteiger partial charge in [-0.3, -0.25) is 10.1 Å². The molecule has 2 aromatic carbocycles. The molecule has 0 saturated heterocycles. The number of methoxy groups -OCH3 is 1. The third kappa shape index (κ3) is 4.31. The second-order valence-electron chi connectivity index (χ2n) is 5.73. The van der Waals surface area contributed by atoms with Gasteiger partial charge in [-0.2, -0.15) is 0 Å². The summed E-state index contributed by atoms with van der Waals surface area (Å²) >= 11 is 4.91. The minimum Gasteiger partial charge on any atom is -0.497 e. The van der Waals surface area contributed by atoms with Crippen molar-refractivity contribution in [3.63, 3.8) is 0 Å². The Labute approximate surface area is 165 Å². The maximum absolute atomic E-state index is 12.4. The molecule has 0 aliphatic rings. The maximum Gasteiger partial charge on any atom is 0.257 e. The van der Waals surface area contributed by atoms with Gasteiger partial charge in [0, 0.05) is 20.5 Å². The molecule has 26 heavy (non-hydrogen) atoms. The summed E-state index contributed by atoms with van der Waals surface area (Å²) < 4.78 is 6.16. The Hall–Kier alpha value is -2.18. The molecule has 6 heteroatoms. The number of rotatable bonds is 6. The third-order valence-corrected chi connectivity index (χ3v) is 5.42. The summed E-state index contributed by atoms with van der Waals surface area (Å²) in [5.41, 5.74) is 2.55. The number of hydrogen-bond acceptors (Lipinski definition) is 4. The SMILES string of the molecule is CCCc1sc(NC(=O)c2ccc(Br)cc2)nc1-c1ccc(OC)cc1. The Morgan fingerprint density at radius 2 is 1.85 bits per heavy atom. The van der Waals surface area contributed by atoms with Crippen LogP contribution in [0.15, 0.2) is 53.0 Å². The van der Waals surface area contributed by atoms with Gasteiger partial charge in [0.1, 0.15) is 5.75 Å². The highest BCUT2D eigenvalue weighted by Crippen LogP contribution is 2.33. The van der Waals surface area contributed by atoms with Crippen molar-refractivity contribution >= 4 is 38.3 Å². The number of amides is 1. The monoisotopic (exact) mass is 430 g/mol. The molecule has 0 fully saturated rings. The van der Waals surface area contributed by atoms with Gasteiger partial charge in [0.05, 0.1) is 12.8 Å². The lowest BCUT2D eigenvalue weighted by Gasteiger charge is -2.03. The molecule has 0 unspecified atom stereocenters. The van der Waals surface area contributed by atoms with E-state index in [1.54, 1.807) is 19.2 Å². The summed E-state index contributed by atoms with van der Waals surface area (Å²) in [6, 6.07) is 15.1. The summed E-state index contributed by atoms with van der Waals surface area (Å²) in [5.74, 6) is 0.653. The first kappa shape index (κ1) is 18.6. The molecule has 1 amide bonds. The number of nitrogens with zero attached hydrogens (tertiary/aromatic N) is 1. The standard InChI is InChI=1S/C20H19BrN2O2S/c1-3-4-17-18(13-7-11-16(25-2)12-8-13)22-20(26-17)23-19(24)14-5-9-15(21)10-6-14/h5-12H,3-4H2,1-2H3,(H,22,23,24). The fraction of sp³-hybridized carbons (Fsp3) is 0.200. The van der Waals surface area contributed by atoms with Gasteiger partial charge in [-0.25, -0.2) is 4.98 Å². The predicted molar refractivity (Wildman–Crippen MR) is 110 cm³/mol.